The monoisotopic (exact) mass is 529 g/mol. The van der Waals surface area contributed by atoms with Gasteiger partial charge in [-0.15, -0.1) is 0 Å². The summed E-state index contributed by atoms with van der Waals surface area (Å²) < 4.78 is 17.7. The van der Waals surface area contributed by atoms with Crippen molar-refractivity contribution in [1.29, 1.82) is 0 Å². The smallest absolute Gasteiger partial charge is 0.251 e. The lowest BCUT2D eigenvalue weighted by atomic mass is 10.1. The molecule has 40 heavy (non-hydrogen) atoms. The van der Waals surface area contributed by atoms with E-state index in [0.717, 1.165) is 33.8 Å². The van der Waals surface area contributed by atoms with Gasteiger partial charge in [-0.1, -0.05) is 91.0 Å². The van der Waals surface area contributed by atoms with Gasteiger partial charge in [-0.05, 0) is 64.7 Å². The van der Waals surface area contributed by atoms with Gasteiger partial charge in [0.2, 0.25) is 0 Å². The van der Waals surface area contributed by atoms with E-state index >= 15 is 0 Å². The first-order valence-corrected chi connectivity index (χ1v) is 13.2. The zero-order chi connectivity index (χ0) is 27.4. The molecule has 1 N–H and O–H groups in total. The van der Waals surface area contributed by atoms with Crippen molar-refractivity contribution in [2.75, 3.05) is 0 Å². The molecule has 5 rings (SSSR count). The number of rotatable bonds is 12. The Morgan fingerprint density at radius 2 is 1.00 bits per heavy atom. The van der Waals surface area contributed by atoms with E-state index in [2.05, 4.69) is 5.32 Å². The summed E-state index contributed by atoms with van der Waals surface area (Å²) in [4.78, 5) is 12.8. The lowest BCUT2D eigenvalue weighted by Crippen LogP contribution is -2.22. The average Bonchev–Trinajstić information content (AvgIpc) is 3.02. The fourth-order valence-corrected chi connectivity index (χ4v) is 4.09. The summed E-state index contributed by atoms with van der Waals surface area (Å²) in [5.41, 5.74) is 4.74. The van der Waals surface area contributed by atoms with Gasteiger partial charge in [0, 0.05) is 12.1 Å². The van der Waals surface area contributed by atoms with Crippen molar-refractivity contribution in [3.63, 3.8) is 0 Å². The van der Waals surface area contributed by atoms with E-state index in [9.17, 15) is 4.79 Å². The fraction of sp³-hybridized carbons (Fsp3) is 0.114. The summed E-state index contributed by atoms with van der Waals surface area (Å²) in [6.07, 6.45) is 0. The van der Waals surface area contributed by atoms with E-state index in [0.29, 0.717) is 37.7 Å². The maximum Gasteiger partial charge on any atom is 0.251 e. The van der Waals surface area contributed by atoms with E-state index in [4.69, 9.17) is 14.2 Å². The topological polar surface area (TPSA) is 56.8 Å². The van der Waals surface area contributed by atoms with Crippen LogP contribution in [0.2, 0.25) is 0 Å². The number of amides is 1. The number of nitrogens with one attached hydrogen (secondary N) is 1. The molecule has 0 unspecified atom stereocenters. The third-order valence-corrected chi connectivity index (χ3v) is 6.27. The Kier molecular flexibility index (Phi) is 9.08. The largest absolute Gasteiger partial charge is 0.489 e. The van der Waals surface area contributed by atoms with E-state index in [1.807, 2.05) is 121 Å². The van der Waals surface area contributed by atoms with Crippen LogP contribution < -0.4 is 19.5 Å². The summed E-state index contributed by atoms with van der Waals surface area (Å²) >= 11 is 0. The molecule has 0 heterocycles. The minimum absolute atomic E-state index is 0.161. The second kappa shape index (κ2) is 13.7. The van der Waals surface area contributed by atoms with Gasteiger partial charge in [0.25, 0.3) is 5.91 Å². The molecule has 0 atom stereocenters. The molecule has 0 spiro atoms. The number of carbonyl (C=O) groups excluding carboxylic acids is 1. The second-order valence-electron chi connectivity index (χ2n) is 9.34. The van der Waals surface area contributed by atoms with Crippen LogP contribution in [0.3, 0.4) is 0 Å². The van der Waals surface area contributed by atoms with Crippen molar-refractivity contribution in [3.8, 4) is 17.2 Å². The summed E-state index contributed by atoms with van der Waals surface area (Å²) in [5.74, 6) is 2.04. The van der Waals surface area contributed by atoms with Gasteiger partial charge in [0.1, 0.15) is 37.1 Å². The molecule has 5 heteroatoms. The van der Waals surface area contributed by atoms with E-state index < -0.39 is 0 Å². The highest BCUT2D eigenvalue weighted by Crippen LogP contribution is 2.19. The zero-order valence-corrected chi connectivity index (χ0v) is 22.2. The van der Waals surface area contributed by atoms with Crippen LogP contribution in [-0.4, -0.2) is 5.91 Å². The van der Waals surface area contributed by atoms with Gasteiger partial charge in [0.15, 0.2) is 0 Å². The molecule has 0 aliphatic heterocycles. The van der Waals surface area contributed by atoms with Crippen LogP contribution >= 0.6 is 0 Å². The molecule has 0 radical (unpaired) electrons. The van der Waals surface area contributed by atoms with E-state index in [1.54, 1.807) is 12.1 Å². The molecule has 0 aromatic heterocycles. The third kappa shape index (κ3) is 7.98. The first-order chi connectivity index (χ1) is 19.7. The second-order valence-corrected chi connectivity index (χ2v) is 9.34. The molecule has 200 valence electrons. The quantitative estimate of drug-likeness (QED) is 0.184. The van der Waals surface area contributed by atoms with Gasteiger partial charge in [-0.3, -0.25) is 4.79 Å². The number of hydrogen-bond acceptors (Lipinski definition) is 4. The highest BCUT2D eigenvalue weighted by atomic mass is 16.5. The number of carbonyl (C=O) groups is 1. The molecule has 0 fully saturated rings. The molecule has 5 aromatic carbocycles. The lowest BCUT2D eigenvalue weighted by molar-refractivity contribution is 0.0950. The van der Waals surface area contributed by atoms with Crippen LogP contribution in [0, 0.1) is 0 Å². The highest BCUT2D eigenvalue weighted by Gasteiger charge is 2.08. The van der Waals surface area contributed by atoms with E-state index in [-0.39, 0.29) is 5.91 Å². The number of benzene rings is 5. The standard InChI is InChI=1S/C35H31NO4/c37-35(36-23-27-17-19-32(20-18-27)38-24-28-9-3-1-4-10-28)31-14-8-16-34(22-31)40-26-30-13-7-15-33(21-30)39-25-29-11-5-2-6-12-29/h1-22H,23-26H2,(H,36,37). The predicted molar refractivity (Wildman–Crippen MR) is 156 cm³/mol. The molecule has 0 saturated heterocycles. The highest BCUT2D eigenvalue weighted by molar-refractivity contribution is 5.94. The molecule has 0 bridgehead atoms. The maximum atomic E-state index is 12.8. The van der Waals surface area contributed by atoms with Gasteiger partial charge in [-0.25, -0.2) is 0 Å². The van der Waals surface area contributed by atoms with Gasteiger partial charge in [0.05, 0.1) is 0 Å². The lowest BCUT2D eigenvalue weighted by Gasteiger charge is -2.11. The summed E-state index contributed by atoms with van der Waals surface area (Å²) in [6.45, 7) is 1.81. The Morgan fingerprint density at radius 3 is 1.65 bits per heavy atom. The Hall–Kier alpha value is -5.03. The maximum absolute atomic E-state index is 12.8. The number of hydrogen-bond donors (Lipinski definition) is 1. The molecule has 1 amide bonds. The third-order valence-electron chi connectivity index (χ3n) is 6.27. The Balaban J connectivity index is 1.09. The Bertz CT molecular complexity index is 1500. The Morgan fingerprint density at radius 1 is 0.475 bits per heavy atom. The van der Waals surface area contributed by atoms with Crippen molar-refractivity contribution >= 4 is 5.91 Å². The Labute approximate surface area is 235 Å². The van der Waals surface area contributed by atoms with Gasteiger partial charge >= 0.3 is 0 Å². The number of ether oxygens (including phenoxy) is 3. The molecule has 5 nitrogen and oxygen atoms in total. The van der Waals surface area contributed by atoms with Crippen LogP contribution in [-0.2, 0) is 26.4 Å². The van der Waals surface area contributed by atoms with Crippen molar-refractivity contribution < 1.29 is 19.0 Å². The van der Waals surface area contributed by atoms with Crippen LogP contribution in [0.25, 0.3) is 0 Å². The molecular weight excluding hydrogens is 498 g/mol. The molecular formula is C35H31NO4. The van der Waals surface area contributed by atoms with Crippen LogP contribution in [0.1, 0.15) is 32.6 Å². The minimum atomic E-state index is -0.161. The van der Waals surface area contributed by atoms with Gasteiger partial charge < -0.3 is 19.5 Å². The first-order valence-electron chi connectivity index (χ1n) is 13.2. The molecule has 0 aliphatic carbocycles. The molecule has 0 aliphatic rings. The first kappa shape index (κ1) is 26.6. The van der Waals surface area contributed by atoms with Crippen molar-refractivity contribution in [2.45, 2.75) is 26.4 Å². The van der Waals surface area contributed by atoms with Crippen LogP contribution in [0.5, 0.6) is 17.2 Å². The van der Waals surface area contributed by atoms with Gasteiger partial charge in [-0.2, -0.15) is 0 Å². The summed E-state index contributed by atoms with van der Waals surface area (Å²) in [6, 6.07) is 42.9. The van der Waals surface area contributed by atoms with E-state index in [1.165, 1.54) is 0 Å². The minimum Gasteiger partial charge on any atom is -0.489 e. The van der Waals surface area contributed by atoms with Crippen molar-refractivity contribution in [1.82, 2.24) is 5.32 Å². The van der Waals surface area contributed by atoms with Crippen molar-refractivity contribution in [3.05, 3.63) is 161 Å². The summed E-state index contributed by atoms with van der Waals surface area (Å²) in [5, 5.41) is 2.98. The van der Waals surface area contributed by atoms with Crippen LogP contribution in [0.15, 0.2) is 133 Å². The molecule has 5 aromatic rings. The van der Waals surface area contributed by atoms with Crippen molar-refractivity contribution in [2.24, 2.45) is 0 Å². The van der Waals surface area contributed by atoms with Crippen LogP contribution in [0.4, 0.5) is 0 Å². The SMILES string of the molecule is O=C(NCc1ccc(OCc2ccccc2)cc1)c1cccc(OCc2cccc(OCc3ccccc3)c2)c1. The normalized spacial score (nSPS) is 10.5. The fourth-order valence-electron chi connectivity index (χ4n) is 4.09. The average molecular weight is 530 g/mol. The molecule has 0 saturated carbocycles. The summed E-state index contributed by atoms with van der Waals surface area (Å²) in [7, 11) is 0. The zero-order valence-electron chi connectivity index (χ0n) is 22.2. The predicted octanol–water partition coefficient (Wildman–Crippen LogP) is 7.35.